The molecule has 3 N–H and O–H groups in total. The zero-order chi connectivity index (χ0) is 22.8. The number of aromatic nitrogens is 1. The highest BCUT2D eigenvalue weighted by atomic mass is 35.5. The number of carbonyl (C=O) groups excluding carboxylic acids is 1. The van der Waals surface area contributed by atoms with Gasteiger partial charge in [-0.3, -0.25) is 0 Å². The van der Waals surface area contributed by atoms with Gasteiger partial charge in [-0.05, 0) is 62.7 Å². The number of sulfonamides is 1. The van der Waals surface area contributed by atoms with Gasteiger partial charge in [-0.1, -0.05) is 11.6 Å². The van der Waals surface area contributed by atoms with Crippen LogP contribution in [0.15, 0.2) is 47.5 Å². The maximum atomic E-state index is 13.4. The summed E-state index contributed by atoms with van der Waals surface area (Å²) < 4.78 is 46.4. The van der Waals surface area contributed by atoms with Crippen molar-refractivity contribution in [1.82, 2.24) is 15.0 Å². The Morgan fingerprint density at radius 1 is 1.16 bits per heavy atom. The van der Waals surface area contributed by atoms with Crippen LogP contribution in [-0.2, 0) is 14.8 Å². The average Bonchev–Trinajstić information content (AvgIpc) is 3.06. The molecule has 0 bridgehead atoms. The van der Waals surface area contributed by atoms with Crippen molar-refractivity contribution in [3.63, 3.8) is 0 Å². The Morgan fingerprint density at radius 2 is 1.90 bits per heavy atom. The van der Waals surface area contributed by atoms with Crippen LogP contribution in [0.2, 0.25) is 5.02 Å². The number of nitrogens with one attached hydrogen (secondary N) is 3. The summed E-state index contributed by atoms with van der Waals surface area (Å²) in [6.45, 7) is 5.22. The van der Waals surface area contributed by atoms with Crippen molar-refractivity contribution in [2.24, 2.45) is 0 Å². The van der Waals surface area contributed by atoms with Crippen LogP contribution in [0.3, 0.4) is 0 Å². The Kier molecular flexibility index (Phi) is 6.59. The smallest absolute Gasteiger partial charge is 0.407 e. The van der Waals surface area contributed by atoms with Gasteiger partial charge in [-0.15, -0.1) is 0 Å². The van der Waals surface area contributed by atoms with Gasteiger partial charge in [0.25, 0.3) is 0 Å². The van der Waals surface area contributed by atoms with Crippen LogP contribution in [-0.4, -0.2) is 38.2 Å². The summed E-state index contributed by atoms with van der Waals surface area (Å²) in [6, 6.07) is 8.77. The van der Waals surface area contributed by atoms with Crippen molar-refractivity contribution in [3.8, 4) is 11.1 Å². The molecular formula is C21H23ClFN3O4S. The van der Waals surface area contributed by atoms with E-state index in [1.165, 1.54) is 24.3 Å². The Labute approximate surface area is 185 Å². The molecule has 3 rings (SSSR count). The number of carbonyl (C=O) groups is 1. The number of benzene rings is 2. The monoisotopic (exact) mass is 467 g/mol. The Morgan fingerprint density at radius 3 is 2.61 bits per heavy atom. The van der Waals surface area contributed by atoms with Crippen molar-refractivity contribution in [2.75, 3.05) is 13.1 Å². The summed E-state index contributed by atoms with van der Waals surface area (Å²) in [5.41, 5.74) is 1.21. The zero-order valence-corrected chi connectivity index (χ0v) is 18.8. The first-order valence-corrected chi connectivity index (χ1v) is 11.3. The number of halogens is 2. The van der Waals surface area contributed by atoms with Crippen LogP contribution in [0.5, 0.6) is 0 Å². The van der Waals surface area contributed by atoms with Gasteiger partial charge in [0.2, 0.25) is 10.0 Å². The fourth-order valence-corrected chi connectivity index (χ4v) is 4.36. The molecule has 1 heterocycles. The average molecular weight is 468 g/mol. The predicted molar refractivity (Wildman–Crippen MR) is 118 cm³/mol. The van der Waals surface area contributed by atoms with E-state index in [1.54, 1.807) is 39.1 Å². The van der Waals surface area contributed by atoms with E-state index in [0.717, 1.165) is 5.39 Å². The van der Waals surface area contributed by atoms with Gasteiger partial charge in [-0.2, -0.15) is 0 Å². The Balaban J connectivity index is 1.75. The summed E-state index contributed by atoms with van der Waals surface area (Å²) in [4.78, 5) is 14.6. The van der Waals surface area contributed by atoms with Gasteiger partial charge >= 0.3 is 6.09 Å². The molecule has 0 spiro atoms. The van der Waals surface area contributed by atoms with E-state index in [1.807, 2.05) is 0 Å². The molecule has 0 saturated heterocycles. The molecule has 10 heteroatoms. The molecule has 2 aromatic carbocycles. The lowest BCUT2D eigenvalue weighted by atomic mass is 10.0. The van der Waals surface area contributed by atoms with Gasteiger partial charge in [0, 0.05) is 40.8 Å². The van der Waals surface area contributed by atoms with Gasteiger partial charge in [0.05, 0.1) is 4.90 Å². The quantitative estimate of drug-likeness (QED) is 0.467. The standard InChI is InChI=1S/C21H23ClFN3O4S/c1-21(2,3)30-20(27)24-6-7-26-31(28,29)16-9-13(8-14(22)10-16)18-12-25-19-11-15(23)4-5-17(18)19/h4-5,8-12,25-26H,6-7H2,1-3H3,(H,24,27). The minimum absolute atomic E-state index is 0.0243. The normalized spacial score (nSPS) is 12.2. The predicted octanol–water partition coefficient (Wildman–Crippen LogP) is 4.43. The number of rotatable bonds is 6. The van der Waals surface area contributed by atoms with E-state index < -0.39 is 21.7 Å². The fraction of sp³-hybridized carbons (Fsp3) is 0.286. The molecule has 31 heavy (non-hydrogen) atoms. The number of hydrogen-bond donors (Lipinski definition) is 3. The highest BCUT2D eigenvalue weighted by molar-refractivity contribution is 7.89. The molecule has 0 fully saturated rings. The third-order valence-electron chi connectivity index (χ3n) is 4.22. The van der Waals surface area contributed by atoms with E-state index >= 15 is 0 Å². The van der Waals surface area contributed by atoms with Gasteiger partial charge < -0.3 is 15.0 Å². The first-order chi connectivity index (χ1) is 14.4. The lowest BCUT2D eigenvalue weighted by molar-refractivity contribution is 0.0529. The van der Waals surface area contributed by atoms with Crippen molar-refractivity contribution in [1.29, 1.82) is 0 Å². The molecule has 0 aliphatic heterocycles. The minimum Gasteiger partial charge on any atom is -0.444 e. The molecule has 7 nitrogen and oxygen atoms in total. The van der Waals surface area contributed by atoms with Gasteiger partial charge in [-0.25, -0.2) is 22.3 Å². The molecule has 3 aromatic rings. The highest BCUT2D eigenvalue weighted by Gasteiger charge is 2.18. The molecule has 1 aromatic heterocycles. The summed E-state index contributed by atoms with van der Waals surface area (Å²) in [5, 5.41) is 3.46. The molecule has 1 amide bonds. The molecule has 0 atom stereocenters. The molecular weight excluding hydrogens is 445 g/mol. The minimum atomic E-state index is -3.89. The van der Waals surface area contributed by atoms with Crippen LogP contribution in [0.4, 0.5) is 9.18 Å². The fourth-order valence-electron chi connectivity index (χ4n) is 2.96. The van der Waals surface area contributed by atoms with E-state index in [9.17, 15) is 17.6 Å². The first-order valence-electron chi connectivity index (χ1n) is 9.49. The number of H-pyrrole nitrogens is 1. The van der Waals surface area contributed by atoms with Crippen molar-refractivity contribution in [3.05, 3.63) is 53.4 Å². The van der Waals surface area contributed by atoms with Crippen molar-refractivity contribution < 1.29 is 22.3 Å². The third-order valence-corrected chi connectivity index (χ3v) is 5.88. The number of amides is 1. The zero-order valence-electron chi connectivity index (χ0n) is 17.3. The van der Waals surface area contributed by atoms with Crippen LogP contribution in [0.1, 0.15) is 20.8 Å². The summed E-state index contributed by atoms with van der Waals surface area (Å²) in [5.74, 6) is -0.376. The molecule has 0 aliphatic rings. The van der Waals surface area contributed by atoms with Gasteiger partial charge in [0.15, 0.2) is 0 Å². The van der Waals surface area contributed by atoms with Crippen LogP contribution in [0.25, 0.3) is 22.0 Å². The molecule has 0 unspecified atom stereocenters. The molecule has 0 saturated carbocycles. The number of aromatic amines is 1. The summed E-state index contributed by atoms with van der Waals surface area (Å²) in [7, 11) is -3.89. The number of alkyl carbamates (subject to hydrolysis) is 1. The second-order valence-electron chi connectivity index (χ2n) is 7.89. The topological polar surface area (TPSA) is 100 Å². The van der Waals surface area contributed by atoms with Crippen LogP contribution < -0.4 is 10.0 Å². The maximum absolute atomic E-state index is 13.4. The second kappa shape index (κ2) is 8.86. The Hall–Kier alpha value is -2.62. The van der Waals surface area contributed by atoms with E-state index in [2.05, 4.69) is 15.0 Å². The van der Waals surface area contributed by atoms with Crippen LogP contribution in [0, 0.1) is 5.82 Å². The first kappa shape index (κ1) is 23.1. The lowest BCUT2D eigenvalue weighted by Gasteiger charge is -2.19. The second-order valence-corrected chi connectivity index (χ2v) is 10.1. The highest BCUT2D eigenvalue weighted by Crippen LogP contribution is 2.32. The molecule has 0 radical (unpaired) electrons. The number of ether oxygens (including phenoxy) is 1. The van der Waals surface area contributed by atoms with Gasteiger partial charge in [0.1, 0.15) is 11.4 Å². The maximum Gasteiger partial charge on any atom is 0.407 e. The summed E-state index contributed by atoms with van der Waals surface area (Å²) in [6.07, 6.45) is 1.04. The van der Waals surface area contributed by atoms with E-state index in [0.29, 0.717) is 16.6 Å². The van der Waals surface area contributed by atoms with Crippen molar-refractivity contribution in [2.45, 2.75) is 31.3 Å². The molecule has 166 valence electrons. The van der Waals surface area contributed by atoms with E-state index in [4.69, 9.17) is 16.3 Å². The Bertz CT molecular complexity index is 1220. The lowest BCUT2D eigenvalue weighted by Crippen LogP contribution is -2.37. The number of hydrogen-bond acceptors (Lipinski definition) is 4. The third kappa shape index (κ3) is 5.96. The van der Waals surface area contributed by atoms with Crippen LogP contribution >= 0.6 is 11.6 Å². The molecule has 0 aliphatic carbocycles. The van der Waals surface area contributed by atoms with Crippen molar-refractivity contribution >= 4 is 38.6 Å². The summed E-state index contributed by atoms with van der Waals surface area (Å²) >= 11 is 6.18. The number of fused-ring (bicyclic) bond motifs is 1. The van der Waals surface area contributed by atoms with E-state index in [-0.39, 0.29) is 28.8 Å². The SMILES string of the molecule is CC(C)(C)OC(=O)NCCNS(=O)(=O)c1cc(Cl)cc(-c2c[nH]c3cc(F)ccc23)c1. The largest absolute Gasteiger partial charge is 0.444 e.